The van der Waals surface area contributed by atoms with Crippen LogP contribution in [0.25, 0.3) is 17.0 Å². The molecule has 0 saturated heterocycles. The van der Waals surface area contributed by atoms with E-state index in [1.807, 2.05) is 66.4 Å². The number of hydrogen-bond acceptors (Lipinski definition) is 4. The fraction of sp³-hybridized carbons (Fsp3) is 0.115. The maximum absolute atomic E-state index is 6.14. The second-order valence-corrected chi connectivity index (χ2v) is 8.72. The summed E-state index contributed by atoms with van der Waals surface area (Å²) in [7, 11) is 0. The van der Waals surface area contributed by atoms with Crippen molar-refractivity contribution in [2.24, 2.45) is 0 Å². The van der Waals surface area contributed by atoms with Crippen molar-refractivity contribution in [2.45, 2.75) is 19.9 Å². The molecule has 1 unspecified atom stereocenters. The van der Waals surface area contributed by atoms with Gasteiger partial charge in [0.25, 0.3) is 5.89 Å². The molecule has 4 aromatic rings. The van der Waals surface area contributed by atoms with Gasteiger partial charge in [-0.25, -0.2) is 0 Å². The lowest BCUT2D eigenvalue weighted by atomic mass is 9.94. The standard InChI is InChI=1S/C26H21ClN4OS/c1-16-8-14-21(15-9-16)31-17(2)22(23(28-26(31)33)18-10-12-20(27)13-11-18)25-29-24(30-32-25)19-6-4-3-5-7-19/h3-15,23H,1-2H3,(H,28,33). The Labute approximate surface area is 202 Å². The molecule has 3 aromatic carbocycles. The van der Waals surface area contributed by atoms with Crippen LogP contribution in [0.3, 0.4) is 0 Å². The van der Waals surface area contributed by atoms with Crippen LogP contribution >= 0.6 is 23.8 Å². The van der Waals surface area contributed by atoms with Crippen molar-refractivity contribution >= 4 is 40.2 Å². The molecule has 0 radical (unpaired) electrons. The van der Waals surface area contributed by atoms with Gasteiger partial charge in [0.2, 0.25) is 5.82 Å². The topological polar surface area (TPSA) is 54.2 Å². The molecular weight excluding hydrogens is 452 g/mol. The van der Waals surface area contributed by atoms with Crippen molar-refractivity contribution in [3.8, 4) is 11.4 Å². The van der Waals surface area contributed by atoms with E-state index in [0.29, 0.717) is 21.9 Å². The SMILES string of the molecule is CC1=C(c2nc(-c3ccccc3)no2)C(c2ccc(Cl)cc2)NC(=S)N1c1ccc(C)cc1. The summed E-state index contributed by atoms with van der Waals surface area (Å²) in [6.45, 7) is 4.09. The highest BCUT2D eigenvalue weighted by Crippen LogP contribution is 2.39. The largest absolute Gasteiger partial charge is 0.351 e. The van der Waals surface area contributed by atoms with E-state index in [0.717, 1.165) is 28.1 Å². The molecule has 33 heavy (non-hydrogen) atoms. The molecule has 0 saturated carbocycles. The third-order valence-electron chi connectivity index (χ3n) is 5.67. The number of allylic oxidation sites excluding steroid dienone is 1. The lowest BCUT2D eigenvalue weighted by Gasteiger charge is -2.37. The third kappa shape index (κ3) is 4.15. The van der Waals surface area contributed by atoms with E-state index >= 15 is 0 Å². The Kier molecular flexibility index (Phi) is 5.70. The molecular formula is C26H21ClN4OS. The monoisotopic (exact) mass is 472 g/mol. The second kappa shape index (κ2) is 8.81. The van der Waals surface area contributed by atoms with Gasteiger partial charge in [-0.2, -0.15) is 4.98 Å². The fourth-order valence-electron chi connectivity index (χ4n) is 3.97. The van der Waals surface area contributed by atoms with Crippen molar-refractivity contribution in [1.82, 2.24) is 15.5 Å². The molecule has 2 heterocycles. The first kappa shape index (κ1) is 21.4. The van der Waals surface area contributed by atoms with Crippen molar-refractivity contribution < 1.29 is 4.52 Å². The number of rotatable bonds is 4. The van der Waals surface area contributed by atoms with Crippen LogP contribution in [0, 0.1) is 6.92 Å². The Morgan fingerprint density at radius 1 is 0.939 bits per heavy atom. The van der Waals surface area contributed by atoms with Gasteiger partial charge in [-0.1, -0.05) is 76.9 Å². The Morgan fingerprint density at radius 3 is 2.33 bits per heavy atom. The quantitative estimate of drug-likeness (QED) is 0.339. The average molecular weight is 473 g/mol. The van der Waals surface area contributed by atoms with Crippen molar-refractivity contribution in [3.63, 3.8) is 0 Å². The molecule has 1 aliphatic rings. The van der Waals surface area contributed by atoms with Crippen LogP contribution in [-0.2, 0) is 0 Å². The summed E-state index contributed by atoms with van der Waals surface area (Å²) < 4.78 is 5.79. The summed E-state index contributed by atoms with van der Waals surface area (Å²) in [6, 6.07) is 25.4. The molecule has 164 valence electrons. The fourth-order valence-corrected chi connectivity index (χ4v) is 4.45. The molecule has 1 aliphatic heterocycles. The maximum Gasteiger partial charge on any atom is 0.258 e. The molecule has 0 spiro atoms. The maximum atomic E-state index is 6.14. The van der Waals surface area contributed by atoms with E-state index in [-0.39, 0.29) is 6.04 Å². The number of thiocarbonyl (C=S) groups is 1. The summed E-state index contributed by atoms with van der Waals surface area (Å²) in [5.41, 5.74) is 5.82. The first-order valence-corrected chi connectivity index (χ1v) is 11.3. The number of aryl methyl sites for hydroxylation is 1. The molecule has 7 heteroatoms. The summed E-state index contributed by atoms with van der Waals surface area (Å²) in [5.74, 6) is 0.981. The predicted octanol–water partition coefficient (Wildman–Crippen LogP) is 6.57. The minimum atomic E-state index is -0.263. The van der Waals surface area contributed by atoms with Crippen molar-refractivity contribution in [1.29, 1.82) is 0 Å². The van der Waals surface area contributed by atoms with Gasteiger partial charge in [-0.05, 0) is 55.9 Å². The van der Waals surface area contributed by atoms with Gasteiger partial charge in [0.05, 0.1) is 11.6 Å². The van der Waals surface area contributed by atoms with E-state index in [4.69, 9.17) is 33.3 Å². The zero-order valence-corrected chi connectivity index (χ0v) is 19.7. The van der Waals surface area contributed by atoms with E-state index in [2.05, 4.69) is 41.7 Å². The third-order valence-corrected chi connectivity index (χ3v) is 6.22. The number of hydrogen-bond donors (Lipinski definition) is 1. The van der Waals surface area contributed by atoms with Gasteiger partial charge in [0, 0.05) is 22.0 Å². The molecule has 0 fully saturated rings. The molecule has 0 amide bonds. The Balaban J connectivity index is 1.65. The number of nitrogens with zero attached hydrogens (tertiary/aromatic N) is 3. The van der Waals surface area contributed by atoms with Crippen LogP contribution in [0.1, 0.15) is 30.0 Å². The Hall–Kier alpha value is -3.48. The predicted molar refractivity (Wildman–Crippen MR) is 136 cm³/mol. The summed E-state index contributed by atoms with van der Waals surface area (Å²) in [4.78, 5) is 6.75. The average Bonchev–Trinajstić information content (AvgIpc) is 3.31. The summed E-state index contributed by atoms with van der Waals surface area (Å²) in [5, 5.41) is 8.99. The van der Waals surface area contributed by atoms with Crippen LogP contribution in [0.2, 0.25) is 5.02 Å². The van der Waals surface area contributed by atoms with Gasteiger partial charge in [0.1, 0.15) is 0 Å². The zero-order chi connectivity index (χ0) is 22.9. The molecule has 5 nitrogen and oxygen atoms in total. The second-order valence-electron chi connectivity index (χ2n) is 7.89. The smallest absolute Gasteiger partial charge is 0.258 e. The van der Waals surface area contributed by atoms with Gasteiger partial charge in [-0.15, -0.1) is 0 Å². The Morgan fingerprint density at radius 2 is 1.64 bits per heavy atom. The molecule has 1 aromatic heterocycles. The van der Waals surface area contributed by atoms with E-state index in [1.165, 1.54) is 5.56 Å². The van der Waals surface area contributed by atoms with Crippen LogP contribution in [0.4, 0.5) is 5.69 Å². The summed E-state index contributed by atoms with van der Waals surface area (Å²) in [6.07, 6.45) is 0. The zero-order valence-electron chi connectivity index (χ0n) is 18.1. The van der Waals surface area contributed by atoms with Crippen molar-refractivity contribution in [3.05, 3.63) is 107 Å². The van der Waals surface area contributed by atoms with Crippen LogP contribution in [0.5, 0.6) is 0 Å². The summed E-state index contributed by atoms with van der Waals surface area (Å²) >= 11 is 11.9. The molecule has 1 N–H and O–H groups in total. The van der Waals surface area contributed by atoms with E-state index < -0.39 is 0 Å². The van der Waals surface area contributed by atoms with Crippen molar-refractivity contribution in [2.75, 3.05) is 4.90 Å². The lowest BCUT2D eigenvalue weighted by molar-refractivity contribution is 0.404. The first-order chi connectivity index (χ1) is 16.0. The van der Waals surface area contributed by atoms with Crippen LogP contribution in [-0.4, -0.2) is 15.3 Å². The molecule has 1 atom stereocenters. The molecule has 0 aliphatic carbocycles. The lowest BCUT2D eigenvalue weighted by Crippen LogP contribution is -2.46. The van der Waals surface area contributed by atoms with Gasteiger partial charge >= 0.3 is 0 Å². The molecule has 0 bridgehead atoms. The number of nitrogens with one attached hydrogen (secondary N) is 1. The highest BCUT2D eigenvalue weighted by molar-refractivity contribution is 7.80. The van der Waals surface area contributed by atoms with E-state index in [1.54, 1.807) is 0 Å². The van der Waals surface area contributed by atoms with E-state index in [9.17, 15) is 0 Å². The minimum Gasteiger partial charge on any atom is -0.351 e. The number of anilines is 1. The number of halogens is 1. The van der Waals surface area contributed by atoms with Gasteiger partial charge in [0.15, 0.2) is 5.11 Å². The normalized spacial score (nSPS) is 16.2. The number of aromatic nitrogens is 2. The minimum absolute atomic E-state index is 0.263. The van der Waals surface area contributed by atoms with Gasteiger partial charge < -0.3 is 9.84 Å². The highest BCUT2D eigenvalue weighted by Gasteiger charge is 2.34. The van der Waals surface area contributed by atoms with Gasteiger partial charge in [-0.3, -0.25) is 4.90 Å². The van der Waals surface area contributed by atoms with Crippen LogP contribution < -0.4 is 10.2 Å². The Bertz CT molecular complexity index is 1330. The highest BCUT2D eigenvalue weighted by atomic mass is 35.5. The molecule has 5 rings (SSSR count). The number of benzene rings is 3. The first-order valence-electron chi connectivity index (χ1n) is 10.5. The van der Waals surface area contributed by atoms with Crippen LogP contribution in [0.15, 0.2) is 89.1 Å².